The second kappa shape index (κ2) is 12.3. The van der Waals surface area contributed by atoms with Crippen molar-refractivity contribution >= 4 is 50.7 Å². The lowest BCUT2D eigenvalue weighted by molar-refractivity contribution is -0.135. The quantitative estimate of drug-likeness (QED) is 0.274. The van der Waals surface area contributed by atoms with E-state index < -0.39 is 0 Å². The molecule has 0 unspecified atom stereocenters. The molecule has 2 aromatic carbocycles. The zero-order chi connectivity index (χ0) is 25.7. The third-order valence-electron chi connectivity index (χ3n) is 6.55. The summed E-state index contributed by atoms with van der Waals surface area (Å²) < 4.78 is 6.93. The highest BCUT2D eigenvalue weighted by molar-refractivity contribution is 9.10. The first-order valence-corrected chi connectivity index (χ1v) is 14.2. The van der Waals surface area contributed by atoms with Gasteiger partial charge in [0.15, 0.2) is 0 Å². The van der Waals surface area contributed by atoms with Crippen LogP contribution >= 0.6 is 38.9 Å². The molecule has 8 heteroatoms. The number of ether oxygens (including phenoxy) is 1. The molecular weight excluding hydrogens is 560 g/mol. The van der Waals surface area contributed by atoms with E-state index in [1.54, 1.807) is 40.5 Å². The van der Waals surface area contributed by atoms with E-state index in [2.05, 4.69) is 41.2 Å². The summed E-state index contributed by atoms with van der Waals surface area (Å²) in [5.41, 5.74) is 1.70. The number of carbonyl (C=O) groups excluding carboxylic acids is 2. The summed E-state index contributed by atoms with van der Waals surface area (Å²) in [5.74, 6) is 0.788. The molecule has 0 aliphatic carbocycles. The van der Waals surface area contributed by atoms with Crippen LogP contribution in [0.2, 0.25) is 5.02 Å². The van der Waals surface area contributed by atoms with Gasteiger partial charge in [-0.15, -0.1) is 11.3 Å². The van der Waals surface area contributed by atoms with Crippen molar-refractivity contribution in [2.45, 2.75) is 32.7 Å². The lowest BCUT2D eigenvalue weighted by atomic mass is 10.00. The first-order valence-electron chi connectivity index (χ1n) is 12.1. The minimum absolute atomic E-state index is 0.0343. The molecule has 2 atom stereocenters. The zero-order valence-electron chi connectivity index (χ0n) is 20.5. The van der Waals surface area contributed by atoms with Crippen LogP contribution in [0.15, 0.2) is 64.5 Å². The van der Waals surface area contributed by atoms with E-state index in [1.807, 2.05) is 29.2 Å². The highest BCUT2D eigenvalue weighted by Gasteiger charge is 2.34. The Morgan fingerprint density at radius 2 is 2.00 bits per heavy atom. The molecule has 0 bridgehead atoms. The predicted octanol–water partition coefficient (Wildman–Crippen LogP) is 6.86. The first-order chi connectivity index (χ1) is 17.4. The second-order valence-electron chi connectivity index (χ2n) is 9.13. The van der Waals surface area contributed by atoms with Crippen molar-refractivity contribution in [2.24, 2.45) is 5.92 Å². The molecule has 1 aliphatic heterocycles. The number of amides is 2. The average molecular weight is 590 g/mol. The normalized spacial score (nSPS) is 15.8. The van der Waals surface area contributed by atoms with Crippen LogP contribution in [0.1, 0.15) is 47.1 Å². The maximum atomic E-state index is 13.7. The number of nitrogens with zero attached hydrogens (tertiary/aromatic N) is 2. The predicted molar refractivity (Wildman–Crippen MR) is 149 cm³/mol. The topological polar surface area (TPSA) is 49.9 Å². The molecule has 0 N–H and O–H groups in total. The Hall–Kier alpha value is -2.35. The van der Waals surface area contributed by atoms with Crippen molar-refractivity contribution in [3.63, 3.8) is 0 Å². The number of halogens is 2. The van der Waals surface area contributed by atoms with E-state index in [0.29, 0.717) is 36.0 Å². The highest BCUT2D eigenvalue weighted by Crippen LogP contribution is 2.34. The summed E-state index contributed by atoms with van der Waals surface area (Å²) >= 11 is 11.2. The van der Waals surface area contributed by atoms with Gasteiger partial charge in [-0.2, -0.15) is 0 Å². The van der Waals surface area contributed by atoms with E-state index in [-0.39, 0.29) is 30.3 Å². The summed E-state index contributed by atoms with van der Waals surface area (Å²) in [6, 6.07) is 16.4. The molecule has 190 valence electrons. The summed E-state index contributed by atoms with van der Waals surface area (Å²) in [5, 5.41) is 2.72. The molecule has 0 spiro atoms. The van der Waals surface area contributed by atoms with Gasteiger partial charge in [0.05, 0.1) is 6.04 Å². The van der Waals surface area contributed by atoms with Crippen LogP contribution in [0.25, 0.3) is 0 Å². The monoisotopic (exact) mass is 588 g/mol. The number of thiophene rings is 1. The van der Waals surface area contributed by atoms with Gasteiger partial charge in [0, 0.05) is 33.0 Å². The van der Waals surface area contributed by atoms with E-state index in [9.17, 15) is 9.59 Å². The van der Waals surface area contributed by atoms with E-state index in [4.69, 9.17) is 16.3 Å². The standard InChI is InChI=1S/C28H30BrClN2O3S/c1-3-19(2)16-31(28(34)20-5-4-6-21(29)15-20)17-27(33)32-13-11-26-24(12-14-36-26)25(32)18-35-23-9-7-22(30)8-10-23/h4-10,12,14-15,19,25H,3,11,13,16-18H2,1-2H3/t19-,25-/m0/s1. The Labute approximate surface area is 230 Å². The van der Waals surface area contributed by atoms with Gasteiger partial charge in [-0.05, 0) is 71.8 Å². The number of benzene rings is 2. The van der Waals surface area contributed by atoms with Crippen LogP contribution in [0.3, 0.4) is 0 Å². The highest BCUT2D eigenvalue weighted by atomic mass is 79.9. The van der Waals surface area contributed by atoms with E-state index >= 15 is 0 Å². The molecule has 1 aromatic heterocycles. The van der Waals surface area contributed by atoms with Crippen molar-refractivity contribution in [1.29, 1.82) is 0 Å². The maximum Gasteiger partial charge on any atom is 0.254 e. The first kappa shape index (κ1) is 26.7. The SMILES string of the molecule is CC[C@H](C)CN(CC(=O)N1CCc2sccc2[C@@H]1COc1ccc(Cl)cc1)C(=O)c1cccc(Br)c1. The smallest absolute Gasteiger partial charge is 0.254 e. The van der Waals surface area contributed by atoms with Crippen molar-refractivity contribution in [1.82, 2.24) is 9.80 Å². The number of hydrogen-bond donors (Lipinski definition) is 0. The third kappa shape index (κ3) is 6.50. The lowest BCUT2D eigenvalue weighted by Gasteiger charge is -2.37. The zero-order valence-corrected chi connectivity index (χ0v) is 23.6. The van der Waals surface area contributed by atoms with Crippen LogP contribution in [-0.4, -0.2) is 47.9 Å². The minimum Gasteiger partial charge on any atom is -0.491 e. The Kier molecular flexibility index (Phi) is 9.09. The fourth-order valence-corrected chi connectivity index (χ4v) is 5.82. The summed E-state index contributed by atoms with van der Waals surface area (Å²) in [6.45, 7) is 5.70. The van der Waals surface area contributed by atoms with E-state index in [1.165, 1.54) is 4.88 Å². The lowest BCUT2D eigenvalue weighted by Crippen LogP contribution is -2.48. The van der Waals surface area contributed by atoms with Crippen molar-refractivity contribution < 1.29 is 14.3 Å². The largest absolute Gasteiger partial charge is 0.491 e. The third-order valence-corrected chi connectivity index (χ3v) is 8.29. The molecule has 0 fully saturated rings. The van der Waals surface area contributed by atoms with Gasteiger partial charge in [0.2, 0.25) is 5.91 Å². The number of rotatable bonds is 9. The van der Waals surface area contributed by atoms with E-state index in [0.717, 1.165) is 22.9 Å². The molecule has 1 aliphatic rings. The van der Waals surface area contributed by atoms with Crippen molar-refractivity contribution in [3.05, 3.63) is 85.5 Å². The Balaban J connectivity index is 1.54. The molecule has 36 heavy (non-hydrogen) atoms. The molecule has 5 nitrogen and oxygen atoms in total. The fourth-order valence-electron chi connectivity index (χ4n) is 4.36. The van der Waals surface area contributed by atoms with Crippen LogP contribution in [0, 0.1) is 5.92 Å². The minimum atomic E-state index is -0.213. The van der Waals surface area contributed by atoms with Gasteiger partial charge >= 0.3 is 0 Å². The summed E-state index contributed by atoms with van der Waals surface area (Å²) in [7, 11) is 0. The molecule has 3 aromatic rings. The Bertz CT molecular complexity index is 1200. The van der Waals surface area contributed by atoms with Crippen LogP contribution < -0.4 is 4.74 Å². The summed E-state index contributed by atoms with van der Waals surface area (Å²) in [6.07, 6.45) is 1.73. The average Bonchev–Trinajstić information content (AvgIpc) is 3.36. The van der Waals surface area contributed by atoms with Crippen LogP contribution in [-0.2, 0) is 11.2 Å². The fraction of sp³-hybridized carbons (Fsp3) is 0.357. The molecular formula is C28H30BrClN2O3S. The van der Waals surface area contributed by atoms with Gasteiger partial charge in [-0.3, -0.25) is 9.59 Å². The second-order valence-corrected chi connectivity index (χ2v) is 11.5. The molecule has 2 amide bonds. The maximum absolute atomic E-state index is 13.7. The molecule has 0 saturated carbocycles. The van der Waals surface area contributed by atoms with Gasteiger partial charge in [-0.1, -0.05) is 53.9 Å². The number of fused-ring (bicyclic) bond motifs is 1. The van der Waals surface area contributed by atoms with Gasteiger partial charge in [0.1, 0.15) is 18.9 Å². The molecule has 4 rings (SSSR count). The molecule has 0 radical (unpaired) electrons. The summed E-state index contributed by atoms with van der Waals surface area (Å²) in [4.78, 5) is 32.0. The van der Waals surface area contributed by atoms with Crippen LogP contribution in [0.5, 0.6) is 5.75 Å². The van der Waals surface area contributed by atoms with Gasteiger partial charge in [-0.25, -0.2) is 0 Å². The molecule has 0 saturated heterocycles. The van der Waals surface area contributed by atoms with Crippen molar-refractivity contribution in [3.8, 4) is 5.75 Å². The molecule has 2 heterocycles. The van der Waals surface area contributed by atoms with Gasteiger partial charge < -0.3 is 14.5 Å². The Morgan fingerprint density at radius 1 is 1.22 bits per heavy atom. The number of hydrogen-bond acceptors (Lipinski definition) is 4. The van der Waals surface area contributed by atoms with Gasteiger partial charge in [0.25, 0.3) is 5.91 Å². The Morgan fingerprint density at radius 3 is 2.72 bits per heavy atom. The number of carbonyl (C=O) groups is 2. The van der Waals surface area contributed by atoms with Crippen LogP contribution in [0.4, 0.5) is 0 Å². The van der Waals surface area contributed by atoms with Crippen molar-refractivity contribution in [2.75, 3.05) is 26.2 Å².